The van der Waals surface area contributed by atoms with Crippen LogP contribution in [0.3, 0.4) is 0 Å². The Morgan fingerprint density at radius 2 is 1.33 bits per heavy atom. The van der Waals surface area contributed by atoms with Crippen LogP contribution in [-0.2, 0) is 38.0 Å². The van der Waals surface area contributed by atoms with Crippen molar-refractivity contribution in [3.05, 3.63) is 12.7 Å². The van der Waals surface area contributed by atoms with Crippen molar-refractivity contribution in [3.8, 4) is 0 Å². The van der Waals surface area contributed by atoms with Crippen molar-refractivity contribution in [1.82, 2.24) is 0 Å². The normalized spacial score (nSPS) is 11.3. The maximum atomic E-state index is 10.7. The molecule has 0 spiro atoms. The summed E-state index contributed by atoms with van der Waals surface area (Å²) in [7, 11) is -3.41. The molecule has 0 aromatic heterocycles. The molecular weight excluding hydrogens is 304 g/mol. The highest BCUT2D eigenvalue weighted by molar-refractivity contribution is 7.85. The highest BCUT2D eigenvalue weighted by atomic mass is 32.2. The second-order valence-electron chi connectivity index (χ2n) is 3.73. The van der Waals surface area contributed by atoms with Crippen molar-refractivity contribution in [2.24, 2.45) is 0 Å². The zero-order valence-corrected chi connectivity index (χ0v) is 12.9. The van der Waals surface area contributed by atoms with Crippen LogP contribution in [0.5, 0.6) is 0 Å². The van der Waals surface area contributed by atoms with E-state index in [4.69, 9.17) is 18.9 Å². The summed E-state index contributed by atoms with van der Waals surface area (Å²) in [6.45, 7) is 5.38. The number of carbonyl (C=O) groups is 1. The first kappa shape index (κ1) is 20.0. The van der Waals surface area contributed by atoms with E-state index in [0.29, 0.717) is 33.0 Å². The van der Waals surface area contributed by atoms with Gasteiger partial charge in [-0.2, -0.15) is 8.42 Å². The molecule has 0 saturated carbocycles. The molecule has 9 heteroatoms. The van der Waals surface area contributed by atoms with Crippen LogP contribution in [-0.4, -0.2) is 73.5 Å². The van der Waals surface area contributed by atoms with Crippen LogP contribution in [0.1, 0.15) is 0 Å². The number of hydrogen-bond donors (Lipinski definition) is 0. The Morgan fingerprint density at radius 1 is 0.905 bits per heavy atom. The van der Waals surface area contributed by atoms with E-state index in [1.54, 1.807) is 0 Å². The van der Waals surface area contributed by atoms with Gasteiger partial charge in [0.25, 0.3) is 10.1 Å². The molecule has 0 amide bonds. The average molecular weight is 326 g/mol. The first-order chi connectivity index (χ1) is 9.95. The second-order valence-corrected chi connectivity index (χ2v) is 5.38. The SMILES string of the molecule is C=CC(=O)OCCOCCOCCOCCOS(C)(=O)=O. The van der Waals surface area contributed by atoms with E-state index >= 15 is 0 Å². The van der Waals surface area contributed by atoms with Crippen LogP contribution in [0.25, 0.3) is 0 Å². The molecule has 8 nitrogen and oxygen atoms in total. The molecule has 0 aliphatic rings. The number of carbonyl (C=O) groups excluding carboxylic acids is 1. The van der Waals surface area contributed by atoms with Crippen molar-refractivity contribution in [2.75, 3.05) is 59.1 Å². The van der Waals surface area contributed by atoms with Crippen molar-refractivity contribution < 1.29 is 36.3 Å². The lowest BCUT2D eigenvalue weighted by Gasteiger charge is -2.07. The van der Waals surface area contributed by atoms with Crippen LogP contribution < -0.4 is 0 Å². The zero-order chi connectivity index (χ0) is 16.0. The number of rotatable bonds is 14. The number of hydrogen-bond acceptors (Lipinski definition) is 8. The van der Waals surface area contributed by atoms with Gasteiger partial charge in [0.2, 0.25) is 0 Å². The minimum Gasteiger partial charge on any atom is -0.460 e. The molecule has 0 atom stereocenters. The summed E-state index contributed by atoms with van der Waals surface area (Å²) >= 11 is 0. The van der Waals surface area contributed by atoms with Crippen molar-refractivity contribution in [1.29, 1.82) is 0 Å². The second kappa shape index (κ2) is 12.7. The minimum absolute atomic E-state index is 0.00856. The molecule has 0 saturated heterocycles. The maximum Gasteiger partial charge on any atom is 0.330 e. The Morgan fingerprint density at radius 3 is 1.76 bits per heavy atom. The largest absolute Gasteiger partial charge is 0.460 e. The Hall–Kier alpha value is -1.00. The van der Waals surface area contributed by atoms with E-state index in [0.717, 1.165) is 12.3 Å². The van der Waals surface area contributed by atoms with E-state index < -0.39 is 16.1 Å². The van der Waals surface area contributed by atoms with Gasteiger partial charge in [-0.1, -0.05) is 6.58 Å². The molecule has 21 heavy (non-hydrogen) atoms. The maximum absolute atomic E-state index is 10.7. The highest BCUT2D eigenvalue weighted by Crippen LogP contribution is 1.87. The summed E-state index contributed by atoms with van der Waals surface area (Å²) in [4.78, 5) is 10.7. The van der Waals surface area contributed by atoms with Crippen LogP contribution in [0, 0.1) is 0 Å². The molecule has 0 bridgehead atoms. The van der Waals surface area contributed by atoms with Gasteiger partial charge >= 0.3 is 5.97 Å². The molecule has 0 aliphatic carbocycles. The summed E-state index contributed by atoms with van der Waals surface area (Å²) in [6, 6.07) is 0. The average Bonchev–Trinajstić information content (AvgIpc) is 2.42. The fourth-order valence-electron chi connectivity index (χ4n) is 1.05. The Kier molecular flexibility index (Phi) is 12.1. The Bertz CT molecular complexity index is 379. The monoisotopic (exact) mass is 326 g/mol. The Labute approximate surface area is 125 Å². The molecule has 0 aliphatic heterocycles. The molecule has 124 valence electrons. The van der Waals surface area contributed by atoms with Gasteiger partial charge in [-0.25, -0.2) is 4.79 Å². The first-order valence-electron chi connectivity index (χ1n) is 6.32. The van der Waals surface area contributed by atoms with Crippen LogP contribution in [0.2, 0.25) is 0 Å². The molecule has 0 N–H and O–H groups in total. The molecule has 0 radical (unpaired) electrons. The van der Waals surface area contributed by atoms with Crippen LogP contribution in [0.4, 0.5) is 0 Å². The lowest BCUT2D eigenvalue weighted by Crippen LogP contribution is -2.14. The van der Waals surface area contributed by atoms with Crippen molar-refractivity contribution >= 4 is 16.1 Å². The molecule has 0 aromatic rings. The summed E-state index contributed by atoms with van der Waals surface area (Å²) in [6.07, 6.45) is 2.07. The van der Waals surface area contributed by atoms with Crippen LogP contribution in [0.15, 0.2) is 12.7 Å². The van der Waals surface area contributed by atoms with E-state index in [9.17, 15) is 13.2 Å². The topological polar surface area (TPSA) is 97.4 Å². The molecule has 0 heterocycles. The summed E-state index contributed by atoms with van der Waals surface area (Å²) in [5, 5.41) is 0. The lowest BCUT2D eigenvalue weighted by atomic mass is 10.6. The van der Waals surface area contributed by atoms with Gasteiger partial charge in [-0.15, -0.1) is 0 Å². The van der Waals surface area contributed by atoms with Crippen LogP contribution >= 0.6 is 0 Å². The molecule has 0 aromatic carbocycles. The van der Waals surface area contributed by atoms with Gasteiger partial charge in [0, 0.05) is 6.08 Å². The van der Waals surface area contributed by atoms with Gasteiger partial charge in [-0.3, -0.25) is 4.18 Å². The van der Waals surface area contributed by atoms with E-state index in [2.05, 4.69) is 10.8 Å². The highest BCUT2D eigenvalue weighted by Gasteiger charge is 2.00. The van der Waals surface area contributed by atoms with Gasteiger partial charge in [0.05, 0.1) is 52.5 Å². The van der Waals surface area contributed by atoms with E-state index in [1.807, 2.05) is 0 Å². The van der Waals surface area contributed by atoms with Crippen molar-refractivity contribution in [3.63, 3.8) is 0 Å². The molecule has 0 fully saturated rings. The van der Waals surface area contributed by atoms with Gasteiger partial charge < -0.3 is 18.9 Å². The van der Waals surface area contributed by atoms with Gasteiger partial charge in [-0.05, 0) is 0 Å². The number of esters is 1. The van der Waals surface area contributed by atoms with Crippen molar-refractivity contribution in [2.45, 2.75) is 0 Å². The zero-order valence-electron chi connectivity index (χ0n) is 12.1. The smallest absolute Gasteiger partial charge is 0.330 e. The minimum atomic E-state index is -3.41. The van der Waals surface area contributed by atoms with E-state index in [1.165, 1.54) is 0 Å². The fraction of sp³-hybridized carbons (Fsp3) is 0.750. The summed E-state index contributed by atoms with van der Waals surface area (Å²) in [5.74, 6) is -0.480. The third-order valence-corrected chi connectivity index (χ3v) is 2.50. The molecule has 0 unspecified atom stereocenters. The predicted octanol–water partition coefficient (Wildman–Crippen LogP) is -0.258. The first-order valence-corrected chi connectivity index (χ1v) is 8.14. The quantitative estimate of drug-likeness (QED) is 0.186. The lowest BCUT2D eigenvalue weighted by molar-refractivity contribution is -0.139. The van der Waals surface area contributed by atoms with Gasteiger partial charge in [0.15, 0.2) is 0 Å². The Balaban J connectivity index is 3.12. The molecular formula is C12H22O8S. The number of ether oxygens (including phenoxy) is 4. The molecule has 0 rings (SSSR count). The standard InChI is InChI=1S/C12H22O8S/c1-3-12(13)19-10-8-17-6-4-16-5-7-18-9-11-20-21(2,14)15/h3H,1,4-11H2,2H3. The van der Waals surface area contributed by atoms with E-state index in [-0.39, 0.29) is 19.8 Å². The third-order valence-electron chi connectivity index (χ3n) is 1.91. The van der Waals surface area contributed by atoms with Gasteiger partial charge in [0.1, 0.15) is 6.61 Å². The summed E-state index contributed by atoms with van der Waals surface area (Å²) in [5.41, 5.74) is 0. The third kappa shape index (κ3) is 16.9. The fourth-order valence-corrected chi connectivity index (χ4v) is 1.42. The summed E-state index contributed by atoms with van der Waals surface area (Å²) < 4.78 is 45.9. The predicted molar refractivity (Wildman–Crippen MR) is 74.4 cm³/mol.